The Balaban J connectivity index is 1.39. The summed E-state index contributed by atoms with van der Waals surface area (Å²) >= 11 is 0. The van der Waals surface area contributed by atoms with Gasteiger partial charge in [0.2, 0.25) is 17.7 Å². The van der Waals surface area contributed by atoms with Gasteiger partial charge in [0.05, 0.1) is 12.5 Å². The predicted octanol–water partition coefficient (Wildman–Crippen LogP) is 3.14. The lowest BCUT2D eigenvalue weighted by atomic mass is 9.87. The van der Waals surface area contributed by atoms with Crippen molar-refractivity contribution in [3.05, 3.63) is 29.7 Å². The number of aromatic nitrogens is 1. The van der Waals surface area contributed by atoms with Gasteiger partial charge in [0, 0.05) is 19.0 Å². The molecule has 6 nitrogen and oxygen atoms in total. The molecule has 2 amide bonds. The van der Waals surface area contributed by atoms with Gasteiger partial charge in [-0.15, -0.1) is 0 Å². The van der Waals surface area contributed by atoms with Crippen LogP contribution in [0.2, 0.25) is 0 Å². The molecule has 1 aliphatic heterocycles. The number of nitrogens with one attached hydrogen (secondary N) is 1. The number of fused-ring (bicyclic) bond motifs is 1. The highest BCUT2D eigenvalue weighted by molar-refractivity contribution is 5.84. The number of hydrogen-bond donors (Lipinski definition) is 1. The van der Waals surface area contributed by atoms with Gasteiger partial charge in [0.25, 0.3) is 0 Å². The van der Waals surface area contributed by atoms with Crippen LogP contribution in [0.3, 0.4) is 0 Å². The number of carbonyl (C=O) groups is 2. The van der Waals surface area contributed by atoms with Crippen molar-refractivity contribution >= 4 is 22.9 Å². The van der Waals surface area contributed by atoms with E-state index in [2.05, 4.69) is 37.1 Å². The second kappa shape index (κ2) is 6.66. The van der Waals surface area contributed by atoms with E-state index in [-0.39, 0.29) is 29.7 Å². The van der Waals surface area contributed by atoms with Crippen molar-refractivity contribution in [2.75, 3.05) is 6.54 Å². The number of rotatable bonds is 4. The zero-order valence-corrected chi connectivity index (χ0v) is 16.2. The molecule has 2 fully saturated rings. The topological polar surface area (TPSA) is 75.4 Å². The number of piperidine rings is 1. The van der Waals surface area contributed by atoms with Gasteiger partial charge >= 0.3 is 0 Å². The van der Waals surface area contributed by atoms with E-state index < -0.39 is 0 Å². The van der Waals surface area contributed by atoms with Crippen LogP contribution < -0.4 is 5.32 Å². The van der Waals surface area contributed by atoms with Crippen molar-refractivity contribution in [2.45, 2.75) is 64.5 Å². The number of amides is 2. The number of carbonyl (C=O) groups excluding carboxylic acids is 2. The van der Waals surface area contributed by atoms with E-state index in [9.17, 15) is 9.59 Å². The van der Waals surface area contributed by atoms with E-state index >= 15 is 0 Å². The van der Waals surface area contributed by atoms with E-state index in [0.717, 1.165) is 23.9 Å². The minimum Gasteiger partial charge on any atom is -0.439 e. The van der Waals surface area contributed by atoms with Gasteiger partial charge in [-0.25, -0.2) is 4.98 Å². The van der Waals surface area contributed by atoms with Crippen molar-refractivity contribution in [1.29, 1.82) is 0 Å². The zero-order valence-electron chi connectivity index (χ0n) is 16.2. The molecule has 27 heavy (non-hydrogen) atoms. The molecule has 1 saturated heterocycles. The maximum atomic E-state index is 12.5. The third kappa shape index (κ3) is 3.84. The molecule has 1 aromatic heterocycles. The van der Waals surface area contributed by atoms with E-state index in [1.807, 2.05) is 17.0 Å². The van der Waals surface area contributed by atoms with Crippen LogP contribution in [0, 0.1) is 5.92 Å². The number of oxazole rings is 1. The summed E-state index contributed by atoms with van der Waals surface area (Å²) in [6.07, 6.45) is 3.22. The van der Waals surface area contributed by atoms with Crippen LogP contribution >= 0.6 is 0 Å². The summed E-state index contributed by atoms with van der Waals surface area (Å²) in [5.41, 5.74) is 2.80. The van der Waals surface area contributed by atoms with Gasteiger partial charge in [0.1, 0.15) is 5.52 Å². The van der Waals surface area contributed by atoms with E-state index in [4.69, 9.17) is 4.42 Å². The number of nitrogens with zero attached hydrogens (tertiary/aromatic N) is 2. The van der Waals surface area contributed by atoms with Crippen molar-refractivity contribution in [3.8, 4) is 0 Å². The molecule has 0 bridgehead atoms. The second-order valence-electron chi connectivity index (χ2n) is 8.77. The molecule has 144 valence electrons. The standard InChI is InChI=1S/C21H27N3O3/c1-21(2,3)14-5-8-17-16(10-14)23-18(27-17)11-22-20(26)13-4-9-19(25)24(12-13)15-6-7-15/h5,8,10,13,15H,4,6-7,9,11-12H2,1-3H3,(H,22,26). The number of benzene rings is 1. The van der Waals surface area contributed by atoms with Gasteiger partial charge in [-0.1, -0.05) is 26.8 Å². The Morgan fingerprint density at radius 2 is 2.07 bits per heavy atom. The predicted molar refractivity (Wildman–Crippen MR) is 102 cm³/mol. The molecular weight excluding hydrogens is 342 g/mol. The van der Waals surface area contributed by atoms with Gasteiger partial charge in [0.15, 0.2) is 5.58 Å². The first kappa shape index (κ1) is 18.0. The summed E-state index contributed by atoms with van der Waals surface area (Å²) in [5.74, 6) is 0.538. The van der Waals surface area contributed by atoms with Crippen LogP contribution in [0.25, 0.3) is 11.1 Å². The molecular formula is C21H27N3O3. The van der Waals surface area contributed by atoms with Gasteiger partial charge in [-0.2, -0.15) is 0 Å². The summed E-state index contributed by atoms with van der Waals surface area (Å²) in [5, 5.41) is 2.94. The van der Waals surface area contributed by atoms with Crippen LogP contribution in [0.1, 0.15) is 57.9 Å². The Morgan fingerprint density at radius 3 is 2.78 bits per heavy atom. The highest BCUT2D eigenvalue weighted by Crippen LogP contribution is 2.32. The molecule has 2 aromatic rings. The quantitative estimate of drug-likeness (QED) is 0.898. The lowest BCUT2D eigenvalue weighted by Gasteiger charge is -2.31. The first-order valence-electron chi connectivity index (χ1n) is 9.78. The average molecular weight is 369 g/mol. The third-order valence-electron chi connectivity index (χ3n) is 5.51. The smallest absolute Gasteiger partial charge is 0.225 e. The summed E-state index contributed by atoms with van der Waals surface area (Å²) in [7, 11) is 0. The van der Waals surface area contributed by atoms with E-state index in [1.165, 1.54) is 5.56 Å². The molecule has 1 unspecified atom stereocenters. The highest BCUT2D eigenvalue weighted by atomic mass is 16.3. The average Bonchev–Trinajstić information content (AvgIpc) is 3.37. The first-order valence-corrected chi connectivity index (χ1v) is 9.78. The summed E-state index contributed by atoms with van der Waals surface area (Å²) in [6, 6.07) is 6.41. The molecule has 4 rings (SSSR count). The van der Waals surface area contributed by atoms with Crippen molar-refractivity contribution in [3.63, 3.8) is 0 Å². The van der Waals surface area contributed by atoms with Crippen molar-refractivity contribution < 1.29 is 14.0 Å². The fourth-order valence-electron chi connectivity index (χ4n) is 3.65. The summed E-state index contributed by atoms with van der Waals surface area (Å²) < 4.78 is 5.77. The van der Waals surface area contributed by atoms with Crippen molar-refractivity contribution in [2.24, 2.45) is 5.92 Å². The number of likely N-dealkylation sites (tertiary alicyclic amines) is 1. The molecule has 6 heteroatoms. The molecule has 2 aliphatic rings. The molecule has 2 heterocycles. The lowest BCUT2D eigenvalue weighted by Crippen LogP contribution is -2.46. The van der Waals surface area contributed by atoms with Crippen LogP contribution in [-0.4, -0.2) is 34.3 Å². The molecule has 1 atom stereocenters. The van der Waals surface area contributed by atoms with Gasteiger partial charge in [-0.3, -0.25) is 9.59 Å². The fourth-order valence-corrected chi connectivity index (χ4v) is 3.65. The fraction of sp³-hybridized carbons (Fsp3) is 0.571. The van der Waals surface area contributed by atoms with Crippen LogP contribution in [0.4, 0.5) is 0 Å². The van der Waals surface area contributed by atoms with Gasteiger partial charge < -0.3 is 14.6 Å². The SMILES string of the molecule is CC(C)(C)c1ccc2oc(CNC(=O)C3CCC(=O)N(C4CC4)C3)nc2c1. The molecule has 0 spiro atoms. The van der Waals surface area contributed by atoms with Crippen LogP contribution in [0.15, 0.2) is 22.6 Å². The van der Waals surface area contributed by atoms with Crippen LogP contribution in [0.5, 0.6) is 0 Å². The van der Waals surface area contributed by atoms with Crippen molar-refractivity contribution in [1.82, 2.24) is 15.2 Å². The minimum absolute atomic E-state index is 0.0224. The molecule has 0 radical (unpaired) electrons. The monoisotopic (exact) mass is 369 g/mol. The third-order valence-corrected chi connectivity index (χ3v) is 5.51. The summed E-state index contributed by atoms with van der Waals surface area (Å²) in [6.45, 7) is 7.30. The normalized spacial score (nSPS) is 20.9. The van der Waals surface area contributed by atoms with E-state index in [1.54, 1.807) is 0 Å². The maximum Gasteiger partial charge on any atom is 0.225 e. The molecule has 1 aromatic carbocycles. The number of hydrogen-bond acceptors (Lipinski definition) is 4. The Morgan fingerprint density at radius 1 is 1.30 bits per heavy atom. The Bertz CT molecular complexity index is 876. The first-order chi connectivity index (χ1) is 12.8. The Labute approximate surface area is 159 Å². The second-order valence-corrected chi connectivity index (χ2v) is 8.77. The minimum atomic E-state index is -0.139. The van der Waals surface area contributed by atoms with E-state index in [0.29, 0.717) is 31.3 Å². The molecule has 1 aliphatic carbocycles. The van der Waals surface area contributed by atoms with Gasteiger partial charge in [-0.05, 0) is 42.4 Å². The van der Waals surface area contributed by atoms with Crippen LogP contribution in [-0.2, 0) is 21.5 Å². The largest absolute Gasteiger partial charge is 0.439 e. The molecule has 1 saturated carbocycles. The highest BCUT2D eigenvalue weighted by Gasteiger charge is 2.38. The maximum absolute atomic E-state index is 12.5. The Hall–Kier alpha value is -2.37. The Kier molecular flexibility index (Phi) is 4.44. The lowest BCUT2D eigenvalue weighted by molar-refractivity contribution is -0.138. The summed E-state index contributed by atoms with van der Waals surface area (Å²) in [4.78, 5) is 31.0. The zero-order chi connectivity index (χ0) is 19.2. The molecule has 1 N–H and O–H groups in total.